The van der Waals surface area contributed by atoms with Gasteiger partial charge in [0.05, 0.1) is 11.8 Å². The normalized spacial score (nSPS) is 12.4. The van der Waals surface area contributed by atoms with Crippen LogP contribution in [0.2, 0.25) is 0 Å². The molecule has 0 bridgehead atoms. The van der Waals surface area contributed by atoms with Gasteiger partial charge in [-0.05, 0) is 44.5 Å². The number of carbonyl (C=O) groups is 1. The monoisotopic (exact) mass is 392 g/mol. The van der Waals surface area contributed by atoms with Gasteiger partial charge in [-0.3, -0.25) is 14.2 Å². The van der Waals surface area contributed by atoms with E-state index in [1.165, 1.54) is 22.2 Å². The smallest absolute Gasteiger partial charge is 0.272 e. The number of benzene rings is 1. The van der Waals surface area contributed by atoms with Crippen molar-refractivity contribution in [3.05, 3.63) is 64.3 Å². The van der Waals surface area contributed by atoms with Crippen LogP contribution in [0.3, 0.4) is 0 Å². The Morgan fingerprint density at radius 3 is 2.64 bits per heavy atom. The number of aromatic nitrogens is 3. The van der Waals surface area contributed by atoms with E-state index in [0.717, 1.165) is 27.2 Å². The van der Waals surface area contributed by atoms with Gasteiger partial charge in [0.1, 0.15) is 15.6 Å². The second-order valence-electron chi connectivity index (χ2n) is 6.91. The summed E-state index contributed by atoms with van der Waals surface area (Å²) in [5.74, 6) is -0.180. The highest BCUT2D eigenvalue weighted by Crippen LogP contribution is 2.32. The van der Waals surface area contributed by atoms with Crippen LogP contribution in [0.1, 0.15) is 24.2 Å². The summed E-state index contributed by atoms with van der Waals surface area (Å²) < 4.78 is 1.93. The Morgan fingerprint density at radius 2 is 1.93 bits per heavy atom. The summed E-state index contributed by atoms with van der Waals surface area (Å²) >= 11 is 1.33. The number of hydrogen-bond donors (Lipinski definition) is 0. The maximum Gasteiger partial charge on any atom is 0.272 e. The molecule has 0 radical (unpaired) electrons. The van der Waals surface area contributed by atoms with Crippen LogP contribution >= 0.6 is 11.3 Å². The van der Waals surface area contributed by atoms with E-state index < -0.39 is 6.04 Å². The fourth-order valence-electron chi connectivity index (χ4n) is 3.43. The van der Waals surface area contributed by atoms with Crippen molar-refractivity contribution in [3.8, 4) is 0 Å². The third-order valence-electron chi connectivity index (χ3n) is 4.95. The molecule has 0 fully saturated rings. The van der Waals surface area contributed by atoms with E-state index in [-0.39, 0.29) is 11.5 Å². The highest BCUT2D eigenvalue weighted by Gasteiger charge is 2.23. The predicted octanol–water partition coefficient (Wildman–Crippen LogP) is 3.85. The zero-order valence-electron chi connectivity index (χ0n) is 16.1. The van der Waals surface area contributed by atoms with Crippen molar-refractivity contribution >= 4 is 43.4 Å². The molecule has 0 saturated carbocycles. The third kappa shape index (κ3) is 2.88. The number of nitrogens with zero attached hydrogens (tertiary/aromatic N) is 4. The van der Waals surface area contributed by atoms with Crippen LogP contribution in [0.5, 0.6) is 0 Å². The van der Waals surface area contributed by atoms with Crippen LogP contribution in [0, 0.1) is 13.8 Å². The molecule has 1 amide bonds. The minimum absolute atomic E-state index is 0.180. The van der Waals surface area contributed by atoms with Crippen molar-refractivity contribution in [3.63, 3.8) is 0 Å². The van der Waals surface area contributed by atoms with Gasteiger partial charge in [-0.2, -0.15) is 0 Å². The van der Waals surface area contributed by atoms with Crippen molar-refractivity contribution in [2.75, 3.05) is 11.9 Å². The molecular formula is C21H20N4O2S. The molecule has 28 heavy (non-hydrogen) atoms. The van der Waals surface area contributed by atoms with E-state index in [1.807, 2.05) is 50.2 Å². The highest BCUT2D eigenvalue weighted by molar-refractivity contribution is 7.25. The summed E-state index contributed by atoms with van der Waals surface area (Å²) in [5.41, 5.74) is 3.17. The van der Waals surface area contributed by atoms with Crippen LogP contribution in [0.15, 0.2) is 47.5 Å². The fraction of sp³-hybridized carbons (Fsp3) is 0.238. The Morgan fingerprint density at radius 1 is 1.21 bits per heavy atom. The van der Waals surface area contributed by atoms with Crippen molar-refractivity contribution in [1.29, 1.82) is 0 Å². The van der Waals surface area contributed by atoms with Gasteiger partial charge in [0.25, 0.3) is 5.56 Å². The maximum atomic E-state index is 13.1. The van der Waals surface area contributed by atoms with E-state index in [1.54, 1.807) is 18.9 Å². The molecule has 7 heteroatoms. The molecule has 4 aromatic rings. The van der Waals surface area contributed by atoms with Crippen LogP contribution in [-0.4, -0.2) is 27.5 Å². The number of fused-ring (bicyclic) bond motifs is 3. The molecule has 1 atom stereocenters. The predicted molar refractivity (Wildman–Crippen MR) is 113 cm³/mol. The number of likely N-dealkylation sites (N-methyl/N-ethyl adjacent to an activating group) is 1. The van der Waals surface area contributed by atoms with Gasteiger partial charge < -0.3 is 4.90 Å². The highest BCUT2D eigenvalue weighted by atomic mass is 32.1. The van der Waals surface area contributed by atoms with Gasteiger partial charge in [0.2, 0.25) is 5.91 Å². The summed E-state index contributed by atoms with van der Waals surface area (Å²) in [7, 11) is 1.71. The number of anilines is 1. The van der Waals surface area contributed by atoms with Crippen LogP contribution in [0.4, 0.5) is 5.69 Å². The zero-order chi connectivity index (χ0) is 20.0. The lowest BCUT2D eigenvalue weighted by atomic mass is 10.1. The quantitative estimate of drug-likeness (QED) is 0.531. The lowest BCUT2D eigenvalue weighted by Gasteiger charge is -2.22. The average molecular weight is 392 g/mol. The number of amides is 1. The fourth-order valence-corrected chi connectivity index (χ4v) is 4.62. The Bertz CT molecular complexity index is 1260. The Balaban J connectivity index is 1.80. The second kappa shape index (κ2) is 6.83. The molecule has 0 aliphatic rings. The number of rotatable bonds is 3. The molecule has 3 aromatic heterocycles. The first-order valence-corrected chi connectivity index (χ1v) is 9.80. The van der Waals surface area contributed by atoms with E-state index in [4.69, 9.17) is 0 Å². The first-order valence-electron chi connectivity index (χ1n) is 8.98. The van der Waals surface area contributed by atoms with Gasteiger partial charge in [0.15, 0.2) is 0 Å². The first-order chi connectivity index (χ1) is 13.4. The average Bonchev–Trinajstić information content (AvgIpc) is 3.06. The van der Waals surface area contributed by atoms with E-state index >= 15 is 0 Å². The number of carbonyl (C=O) groups excluding carboxylic acids is 1. The Kier molecular flexibility index (Phi) is 4.47. The molecule has 0 aliphatic carbocycles. The SMILES string of the molecule is Cc1cc(C)c2c(n1)sc1c(=O)n([C@@H](C)C(=O)N(C)c3ccccc3)cnc12. The molecule has 6 nitrogen and oxygen atoms in total. The number of hydrogen-bond acceptors (Lipinski definition) is 5. The Labute approximate surface area is 166 Å². The number of pyridine rings is 1. The molecule has 3 heterocycles. The van der Waals surface area contributed by atoms with E-state index in [0.29, 0.717) is 10.2 Å². The number of aryl methyl sites for hydroxylation is 2. The van der Waals surface area contributed by atoms with Gasteiger partial charge in [-0.1, -0.05) is 18.2 Å². The summed E-state index contributed by atoms with van der Waals surface area (Å²) in [6.07, 6.45) is 1.47. The molecule has 0 saturated heterocycles. The molecule has 142 valence electrons. The molecule has 0 spiro atoms. The molecule has 4 rings (SSSR count). The van der Waals surface area contributed by atoms with Gasteiger partial charge in [0, 0.05) is 23.8 Å². The zero-order valence-corrected chi connectivity index (χ0v) is 16.9. The van der Waals surface area contributed by atoms with Gasteiger partial charge in [-0.15, -0.1) is 11.3 Å². The third-order valence-corrected chi connectivity index (χ3v) is 6.01. The topological polar surface area (TPSA) is 68.1 Å². The standard InChI is InChI=1S/C21H20N4O2S/c1-12-10-13(2)23-19-16(12)17-18(28-19)21(27)25(11-22-17)14(3)20(26)24(4)15-8-6-5-7-9-15/h5-11,14H,1-4H3/t14-/m0/s1. The van der Waals surface area contributed by atoms with Crippen molar-refractivity contribution in [1.82, 2.24) is 14.5 Å². The van der Waals surface area contributed by atoms with Gasteiger partial charge in [-0.25, -0.2) is 9.97 Å². The molecule has 1 aromatic carbocycles. The van der Waals surface area contributed by atoms with Crippen LogP contribution < -0.4 is 10.5 Å². The lowest BCUT2D eigenvalue weighted by molar-refractivity contribution is -0.121. The van der Waals surface area contributed by atoms with E-state index in [9.17, 15) is 9.59 Å². The summed E-state index contributed by atoms with van der Waals surface area (Å²) in [6, 6.07) is 10.7. The van der Waals surface area contributed by atoms with Crippen LogP contribution in [-0.2, 0) is 4.79 Å². The molecular weight excluding hydrogens is 372 g/mol. The number of para-hydroxylation sites is 1. The second-order valence-corrected chi connectivity index (χ2v) is 7.91. The molecule has 0 unspecified atom stereocenters. The molecule has 0 aliphatic heterocycles. The summed E-state index contributed by atoms with van der Waals surface area (Å²) in [6.45, 7) is 5.65. The van der Waals surface area contributed by atoms with Crippen LogP contribution in [0.25, 0.3) is 20.4 Å². The largest absolute Gasteiger partial charge is 0.314 e. The summed E-state index contributed by atoms with van der Waals surface area (Å²) in [5, 5.41) is 0.912. The minimum atomic E-state index is -0.671. The lowest BCUT2D eigenvalue weighted by Crippen LogP contribution is -2.37. The van der Waals surface area contributed by atoms with Crippen molar-refractivity contribution in [2.45, 2.75) is 26.8 Å². The Hall–Kier alpha value is -3.06. The van der Waals surface area contributed by atoms with Crippen molar-refractivity contribution < 1.29 is 4.79 Å². The van der Waals surface area contributed by atoms with Crippen molar-refractivity contribution in [2.24, 2.45) is 0 Å². The maximum absolute atomic E-state index is 13.1. The minimum Gasteiger partial charge on any atom is -0.314 e. The van der Waals surface area contributed by atoms with E-state index in [2.05, 4.69) is 9.97 Å². The first kappa shape index (κ1) is 18.3. The summed E-state index contributed by atoms with van der Waals surface area (Å²) in [4.78, 5) is 37.5. The number of thiophene rings is 1. The molecule has 0 N–H and O–H groups in total. The van der Waals surface area contributed by atoms with Gasteiger partial charge >= 0.3 is 0 Å².